The molecule has 3 rings (SSSR count). The second-order valence-electron chi connectivity index (χ2n) is 6.51. The third-order valence-corrected chi connectivity index (χ3v) is 4.52. The van der Waals surface area contributed by atoms with Gasteiger partial charge in [0.2, 0.25) is 5.75 Å². The first kappa shape index (κ1) is 19.5. The lowest BCUT2D eigenvalue weighted by molar-refractivity contribution is 0.0474. The molecule has 146 valence electrons. The van der Waals surface area contributed by atoms with Gasteiger partial charge in [-0.3, -0.25) is 4.79 Å². The summed E-state index contributed by atoms with van der Waals surface area (Å²) in [7, 11) is 1.55. The molecule has 0 aliphatic heterocycles. The van der Waals surface area contributed by atoms with Crippen LogP contribution < -0.4 is 10.3 Å². The molecule has 0 radical (unpaired) electrons. The number of para-hydroxylation sites is 1. The van der Waals surface area contributed by atoms with Crippen molar-refractivity contribution in [3.63, 3.8) is 0 Å². The van der Waals surface area contributed by atoms with Crippen LogP contribution in [0, 0.1) is 0 Å². The van der Waals surface area contributed by atoms with Crippen molar-refractivity contribution in [2.75, 3.05) is 6.61 Å². The van der Waals surface area contributed by atoms with Crippen molar-refractivity contribution in [1.29, 1.82) is 0 Å². The first-order valence-electron chi connectivity index (χ1n) is 9.23. The van der Waals surface area contributed by atoms with Crippen LogP contribution in [0.15, 0.2) is 53.3 Å². The van der Waals surface area contributed by atoms with E-state index in [0.29, 0.717) is 17.5 Å². The fraction of sp³-hybridized carbons (Fsp3) is 0.273. The van der Waals surface area contributed by atoms with Gasteiger partial charge < -0.3 is 19.1 Å². The number of esters is 1. The predicted molar refractivity (Wildman–Crippen MR) is 107 cm³/mol. The number of ether oxygens (including phenoxy) is 2. The predicted octanol–water partition coefficient (Wildman–Crippen LogP) is 3.78. The molecule has 6 nitrogen and oxygen atoms in total. The molecule has 0 saturated carbocycles. The molecule has 2 aromatic carbocycles. The lowest BCUT2D eigenvalue weighted by Crippen LogP contribution is -2.22. The van der Waals surface area contributed by atoms with Crippen LogP contribution >= 0.6 is 0 Å². The van der Waals surface area contributed by atoms with Crippen LogP contribution in [0.2, 0.25) is 0 Å². The van der Waals surface area contributed by atoms with E-state index in [1.807, 2.05) is 37.3 Å². The van der Waals surface area contributed by atoms with Gasteiger partial charge in [0.05, 0.1) is 17.7 Å². The minimum absolute atomic E-state index is 0.0988. The minimum Gasteiger partial charge on any atom is -0.504 e. The van der Waals surface area contributed by atoms with Crippen molar-refractivity contribution in [2.24, 2.45) is 7.05 Å². The highest BCUT2D eigenvalue weighted by molar-refractivity contribution is 6.05. The summed E-state index contributed by atoms with van der Waals surface area (Å²) in [6, 6.07) is 14.2. The Morgan fingerprint density at radius 3 is 2.57 bits per heavy atom. The molecule has 0 unspecified atom stereocenters. The maximum atomic E-state index is 12.7. The summed E-state index contributed by atoms with van der Waals surface area (Å²) < 4.78 is 12.2. The van der Waals surface area contributed by atoms with E-state index in [2.05, 4.69) is 0 Å². The number of hydrogen-bond donors (Lipinski definition) is 1. The number of nitrogens with zero attached hydrogens (tertiary/aromatic N) is 1. The van der Waals surface area contributed by atoms with Crippen molar-refractivity contribution in [3.05, 3.63) is 70.0 Å². The summed E-state index contributed by atoms with van der Waals surface area (Å²) in [5, 5.41) is 10.9. The zero-order valence-electron chi connectivity index (χ0n) is 16.0. The molecule has 3 aromatic rings. The monoisotopic (exact) mass is 381 g/mol. The van der Waals surface area contributed by atoms with Crippen LogP contribution in [0.25, 0.3) is 10.9 Å². The topological polar surface area (TPSA) is 77.8 Å². The molecule has 1 N–H and O–H groups in total. The smallest absolute Gasteiger partial charge is 0.340 e. The van der Waals surface area contributed by atoms with Crippen molar-refractivity contribution < 1.29 is 19.4 Å². The highest BCUT2D eigenvalue weighted by atomic mass is 16.5. The van der Waals surface area contributed by atoms with Crippen LogP contribution in [-0.2, 0) is 18.4 Å². The van der Waals surface area contributed by atoms with Crippen molar-refractivity contribution in [2.45, 2.75) is 26.4 Å². The molecule has 28 heavy (non-hydrogen) atoms. The molecule has 0 atom stereocenters. The standard InChI is InChI=1S/C22H23NO5/c1-3-4-13-27-20-19(24)16-11-8-12-17(18(16)23(2)21(20)25)22(26)28-14-15-9-6-5-7-10-15/h5-12,24H,3-4,13-14H2,1-2H3. The van der Waals surface area contributed by atoms with Crippen LogP contribution in [0.3, 0.4) is 0 Å². The van der Waals surface area contributed by atoms with Gasteiger partial charge in [0.15, 0.2) is 5.75 Å². The molecule has 1 heterocycles. The van der Waals surface area contributed by atoms with Crippen molar-refractivity contribution >= 4 is 16.9 Å². The third-order valence-electron chi connectivity index (χ3n) is 4.52. The Labute approximate surface area is 162 Å². The van der Waals surface area contributed by atoms with Crippen LogP contribution in [-0.4, -0.2) is 22.2 Å². The van der Waals surface area contributed by atoms with Crippen LogP contribution in [0.4, 0.5) is 0 Å². The summed E-state index contributed by atoms with van der Waals surface area (Å²) in [4.78, 5) is 25.3. The first-order chi connectivity index (χ1) is 13.5. The van der Waals surface area contributed by atoms with Gasteiger partial charge in [-0.25, -0.2) is 4.79 Å². The fourth-order valence-electron chi connectivity index (χ4n) is 2.99. The molecular formula is C22H23NO5. The van der Waals surface area contributed by atoms with E-state index < -0.39 is 11.5 Å². The summed E-state index contributed by atoms with van der Waals surface area (Å²) in [6.45, 7) is 2.47. The van der Waals surface area contributed by atoms with E-state index in [1.165, 1.54) is 4.57 Å². The van der Waals surface area contributed by atoms with E-state index in [0.717, 1.165) is 18.4 Å². The molecule has 0 aliphatic rings. The average Bonchev–Trinajstić information content (AvgIpc) is 2.73. The van der Waals surface area contributed by atoms with Crippen LogP contribution in [0.1, 0.15) is 35.7 Å². The molecule has 6 heteroatoms. The third kappa shape index (κ3) is 3.86. The minimum atomic E-state index is -0.566. The lowest BCUT2D eigenvalue weighted by atomic mass is 10.1. The van der Waals surface area contributed by atoms with E-state index in [1.54, 1.807) is 25.2 Å². The number of aryl methyl sites for hydroxylation is 1. The average molecular weight is 381 g/mol. The number of aromatic hydroxyl groups is 1. The molecule has 0 spiro atoms. The van der Waals surface area contributed by atoms with Gasteiger partial charge in [-0.15, -0.1) is 0 Å². The Hall–Kier alpha value is -3.28. The van der Waals surface area contributed by atoms with Crippen molar-refractivity contribution in [1.82, 2.24) is 4.57 Å². The first-order valence-corrected chi connectivity index (χ1v) is 9.23. The zero-order chi connectivity index (χ0) is 20.1. The highest BCUT2D eigenvalue weighted by Crippen LogP contribution is 2.33. The second kappa shape index (κ2) is 8.61. The number of benzene rings is 2. The molecule has 0 amide bonds. The maximum absolute atomic E-state index is 12.7. The summed E-state index contributed by atoms with van der Waals surface area (Å²) in [5.74, 6) is -0.923. The number of carbonyl (C=O) groups is 1. The number of hydrogen-bond acceptors (Lipinski definition) is 5. The van der Waals surface area contributed by atoms with E-state index >= 15 is 0 Å². The molecule has 0 bridgehead atoms. The van der Waals surface area contributed by atoms with Gasteiger partial charge in [-0.1, -0.05) is 49.7 Å². The zero-order valence-corrected chi connectivity index (χ0v) is 16.0. The SMILES string of the molecule is CCCCOc1c(O)c2cccc(C(=O)OCc3ccccc3)c2n(C)c1=O. The van der Waals surface area contributed by atoms with Gasteiger partial charge in [0.1, 0.15) is 6.61 Å². The number of fused-ring (bicyclic) bond motifs is 1. The Morgan fingerprint density at radius 1 is 1.11 bits per heavy atom. The normalized spacial score (nSPS) is 10.8. The summed E-state index contributed by atoms with van der Waals surface area (Å²) >= 11 is 0. The van der Waals surface area contributed by atoms with Crippen molar-refractivity contribution in [3.8, 4) is 11.5 Å². The van der Waals surface area contributed by atoms with E-state index in [9.17, 15) is 14.7 Å². The lowest BCUT2D eigenvalue weighted by Gasteiger charge is -2.15. The van der Waals surface area contributed by atoms with Gasteiger partial charge in [0.25, 0.3) is 5.56 Å². The second-order valence-corrected chi connectivity index (χ2v) is 6.51. The molecule has 0 aliphatic carbocycles. The van der Waals surface area contributed by atoms with Gasteiger partial charge in [0, 0.05) is 12.4 Å². The van der Waals surface area contributed by atoms with E-state index in [4.69, 9.17) is 9.47 Å². The fourth-order valence-corrected chi connectivity index (χ4v) is 2.99. The van der Waals surface area contributed by atoms with E-state index in [-0.39, 0.29) is 23.7 Å². The highest BCUT2D eigenvalue weighted by Gasteiger charge is 2.21. The number of carbonyl (C=O) groups excluding carboxylic acids is 1. The van der Waals surface area contributed by atoms with Gasteiger partial charge in [-0.2, -0.15) is 0 Å². The largest absolute Gasteiger partial charge is 0.504 e. The summed E-state index contributed by atoms with van der Waals surface area (Å²) in [6.07, 6.45) is 1.68. The quantitative estimate of drug-likeness (QED) is 0.498. The molecular weight excluding hydrogens is 358 g/mol. The Morgan fingerprint density at radius 2 is 1.86 bits per heavy atom. The Kier molecular flexibility index (Phi) is 5.99. The Bertz CT molecular complexity index is 1040. The number of pyridine rings is 1. The number of unbranched alkanes of at least 4 members (excludes halogenated alkanes) is 1. The molecule has 0 fully saturated rings. The van der Waals surface area contributed by atoms with Crippen LogP contribution in [0.5, 0.6) is 11.5 Å². The maximum Gasteiger partial charge on any atom is 0.340 e. The van der Waals surface area contributed by atoms with Gasteiger partial charge >= 0.3 is 5.97 Å². The molecule has 1 aromatic heterocycles. The number of rotatable bonds is 7. The number of aromatic nitrogens is 1. The summed E-state index contributed by atoms with van der Waals surface area (Å²) in [5.41, 5.74) is 0.887. The Balaban J connectivity index is 1.98. The van der Waals surface area contributed by atoms with Gasteiger partial charge in [-0.05, 0) is 24.1 Å². The molecule has 0 saturated heterocycles.